The van der Waals surface area contributed by atoms with Crippen LogP contribution in [0, 0.1) is 10.1 Å². The van der Waals surface area contributed by atoms with Gasteiger partial charge in [-0.1, -0.05) is 12.1 Å². The number of carbonyl (C=O) groups excluding carboxylic acids is 1. The van der Waals surface area contributed by atoms with E-state index < -0.39 is 4.92 Å². The van der Waals surface area contributed by atoms with Gasteiger partial charge in [0.05, 0.1) is 12.0 Å². The number of carbonyl (C=O) groups is 1. The second-order valence-electron chi connectivity index (χ2n) is 4.53. The molecule has 0 atom stereocenters. The highest BCUT2D eigenvalue weighted by atomic mass is 35.5. The first-order chi connectivity index (χ1) is 11.0. The fourth-order valence-electron chi connectivity index (χ4n) is 1.82. The van der Waals surface area contributed by atoms with Gasteiger partial charge in [0.15, 0.2) is 0 Å². The summed E-state index contributed by atoms with van der Waals surface area (Å²) >= 11 is 5.67. The third kappa shape index (κ3) is 4.62. The van der Waals surface area contributed by atoms with Crippen molar-refractivity contribution in [1.82, 2.24) is 9.97 Å². The zero-order chi connectivity index (χ0) is 16.8. The van der Waals surface area contributed by atoms with Crippen LogP contribution in [0.5, 0.6) is 0 Å². The number of hydrogen-bond donors (Lipinski definition) is 1. The molecule has 0 aliphatic rings. The second kappa shape index (κ2) is 7.50. The largest absolute Gasteiger partial charge is 0.469 e. The number of rotatable bonds is 6. The average Bonchev–Trinajstić information content (AvgIpc) is 2.53. The molecule has 8 nitrogen and oxygen atoms in total. The Morgan fingerprint density at radius 2 is 2.09 bits per heavy atom. The Labute approximate surface area is 136 Å². The fourth-order valence-corrected chi connectivity index (χ4v) is 1.95. The molecule has 0 bridgehead atoms. The van der Waals surface area contributed by atoms with E-state index in [1.165, 1.54) is 7.11 Å². The van der Waals surface area contributed by atoms with E-state index in [0.717, 1.165) is 11.8 Å². The van der Waals surface area contributed by atoms with Crippen LogP contribution in [0.25, 0.3) is 0 Å². The van der Waals surface area contributed by atoms with E-state index in [1.54, 1.807) is 24.3 Å². The summed E-state index contributed by atoms with van der Waals surface area (Å²) in [5, 5.41) is 13.7. The molecule has 1 aromatic heterocycles. The number of esters is 1. The van der Waals surface area contributed by atoms with E-state index in [9.17, 15) is 14.9 Å². The lowest BCUT2D eigenvalue weighted by molar-refractivity contribution is -0.384. The minimum absolute atomic E-state index is 0.0114. The van der Waals surface area contributed by atoms with Crippen molar-refractivity contribution in [2.75, 3.05) is 12.4 Å². The number of benzene rings is 1. The number of nitrogens with zero attached hydrogens (tertiary/aromatic N) is 3. The molecule has 0 amide bonds. The van der Waals surface area contributed by atoms with E-state index in [0.29, 0.717) is 12.1 Å². The summed E-state index contributed by atoms with van der Waals surface area (Å²) in [7, 11) is 1.34. The van der Waals surface area contributed by atoms with Crippen LogP contribution >= 0.6 is 11.6 Å². The van der Waals surface area contributed by atoms with Crippen LogP contribution in [-0.2, 0) is 16.0 Å². The van der Waals surface area contributed by atoms with Crippen molar-refractivity contribution in [2.24, 2.45) is 0 Å². The second-order valence-corrected chi connectivity index (χ2v) is 4.87. The van der Waals surface area contributed by atoms with E-state index in [4.69, 9.17) is 11.6 Å². The molecule has 2 rings (SSSR count). The van der Waals surface area contributed by atoms with Crippen LogP contribution in [-0.4, -0.2) is 28.0 Å². The molecule has 9 heteroatoms. The number of halogens is 1. The molecule has 0 unspecified atom stereocenters. The Hall–Kier alpha value is -2.74. The summed E-state index contributed by atoms with van der Waals surface area (Å²) in [6.07, 6.45) is 1.88. The zero-order valence-corrected chi connectivity index (χ0v) is 12.9. The minimum atomic E-state index is -0.594. The highest BCUT2D eigenvalue weighted by molar-refractivity contribution is 6.28. The Bertz CT molecular complexity index is 721. The quantitative estimate of drug-likeness (QED) is 0.374. The summed E-state index contributed by atoms with van der Waals surface area (Å²) in [4.78, 5) is 28.9. The Kier molecular flexibility index (Phi) is 5.42. The maximum atomic E-state index is 11.1. The molecule has 120 valence electrons. The molecule has 1 aromatic carbocycles. The van der Waals surface area contributed by atoms with Crippen molar-refractivity contribution >= 4 is 34.8 Å². The number of ether oxygens (including phenoxy) is 1. The van der Waals surface area contributed by atoms with Crippen molar-refractivity contribution in [3.05, 3.63) is 51.4 Å². The highest BCUT2D eigenvalue weighted by Crippen LogP contribution is 2.25. The molecule has 0 saturated heterocycles. The van der Waals surface area contributed by atoms with Crippen LogP contribution in [0.1, 0.15) is 12.0 Å². The van der Waals surface area contributed by atoms with Crippen LogP contribution in [0.15, 0.2) is 30.5 Å². The average molecular weight is 337 g/mol. The van der Waals surface area contributed by atoms with E-state index in [-0.39, 0.29) is 29.2 Å². The monoisotopic (exact) mass is 336 g/mol. The number of nitrogens with one attached hydrogen (secondary N) is 1. The highest BCUT2D eigenvalue weighted by Gasteiger charge is 2.17. The van der Waals surface area contributed by atoms with Gasteiger partial charge < -0.3 is 10.1 Å². The summed E-state index contributed by atoms with van der Waals surface area (Å²) in [5.74, 6) is -0.268. The Morgan fingerprint density at radius 1 is 1.39 bits per heavy atom. The van der Waals surface area contributed by atoms with Gasteiger partial charge in [-0.2, -0.15) is 4.98 Å². The molecule has 23 heavy (non-hydrogen) atoms. The molecule has 0 aliphatic carbocycles. The minimum Gasteiger partial charge on any atom is -0.469 e. The summed E-state index contributed by atoms with van der Waals surface area (Å²) in [5.41, 5.74) is 1.27. The first-order valence-electron chi connectivity index (χ1n) is 6.59. The molecule has 1 N–H and O–H groups in total. The van der Waals surface area contributed by atoms with Gasteiger partial charge in [0, 0.05) is 12.1 Å². The van der Waals surface area contributed by atoms with Crippen LogP contribution < -0.4 is 5.32 Å². The topological polar surface area (TPSA) is 107 Å². The third-order valence-corrected chi connectivity index (χ3v) is 3.18. The van der Waals surface area contributed by atoms with Gasteiger partial charge >= 0.3 is 11.7 Å². The number of aromatic nitrogens is 2. The third-order valence-electron chi connectivity index (χ3n) is 3.00. The summed E-state index contributed by atoms with van der Waals surface area (Å²) in [6, 6.07) is 7.07. The van der Waals surface area contributed by atoms with E-state index in [1.807, 2.05) is 0 Å². The molecule has 0 saturated carbocycles. The van der Waals surface area contributed by atoms with Crippen molar-refractivity contribution < 1.29 is 14.5 Å². The molecule has 0 fully saturated rings. The molecule has 0 aliphatic heterocycles. The van der Waals surface area contributed by atoms with Gasteiger partial charge in [-0.15, -0.1) is 0 Å². The van der Waals surface area contributed by atoms with Gasteiger partial charge in [-0.3, -0.25) is 14.9 Å². The lowest BCUT2D eigenvalue weighted by Gasteiger charge is -2.07. The summed E-state index contributed by atoms with van der Waals surface area (Å²) in [6.45, 7) is 0. The first-order valence-corrected chi connectivity index (χ1v) is 6.97. The maximum Gasteiger partial charge on any atom is 0.329 e. The SMILES string of the molecule is COC(=O)CCc1ccc(Nc2nc(Cl)ncc2[N+](=O)[O-])cc1. The van der Waals surface area contributed by atoms with Gasteiger partial charge in [0.1, 0.15) is 6.20 Å². The van der Waals surface area contributed by atoms with Crippen LogP contribution in [0.2, 0.25) is 5.28 Å². The Balaban J connectivity index is 2.11. The number of nitro groups is 1. The van der Waals surface area contributed by atoms with E-state index >= 15 is 0 Å². The molecular formula is C14H13ClN4O4. The van der Waals surface area contributed by atoms with Crippen molar-refractivity contribution in [3.8, 4) is 0 Å². The van der Waals surface area contributed by atoms with Gasteiger partial charge in [0.2, 0.25) is 11.1 Å². The van der Waals surface area contributed by atoms with Gasteiger partial charge in [-0.05, 0) is 35.7 Å². The number of methoxy groups -OCH3 is 1. The Morgan fingerprint density at radius 3 is 2.70 bits per heavy atom. The normalized spacial score (nSPS) is 10.2. The smallest absolute Gasteiger partial charge is 0.329 e. The maximum absolute atomic E-state index is 11.1. The zero-order valence-electron chi connectivity index (χ0n) is 12.2. The van der Waals surface area contributed by atoms with Crippen molar-refractivity contribution in [3.63, 3.8) is 0 Å². The van der Waals surface area contributed by atoms with Crippen molar-refractivity contribution in [2.45, 2.75) is 12.8 Å². The summed E-state index contributed by atoms with van der Waals surface area (Å²) < 4.78 is 4.58. The first kappa shape index (κ1) is 16.6. The number of hydrogen-bond acceptors (Lipinski definition) is 7. The fraction of sp³-hybridized carbons (Fsp3) is 0.214. The van der Waals surface area contributed by atoms with Gasteiger partial charge in [0.25, 0.3) is 0 Å². The molecule has 0 radical (unpaired) electrons. The lowest BCUT2D eigenvalue weighted by Crippen LogP contribution is -2.02. The standard InChI is InChI=1S/C14H13ClN4O4/c1-23-12(20)7-4-9-2-5-10(6-3-9)17-13-11(19(21)22)8-16-14(15)18-13/h2-3,5-6,8H,4,7H2,1H3,(H,16,17,18). The molecule has 2 aromatic rings. The predicted octanol–water partition coefficient (Wildman–Crippen LogP) is 2.89. The molecular weight excluding hydrogens is 324 g/mol. The predicted molar refractivity (Wildman–Crippen MR) is 83.8 cm³/mol. The lowest BCUT2D eigenvalue weighted by atomic mass is 10.1. The van der Waals surface area contributed by atoms with Crippen LogP contribution in [0.4, 0.5) is 17.2 Å². The van der Waals surface area contributed by atoms with Crippen LogP contribution in [0.3, 0.4) is 0 Å². The van der Waals surface area contributed by atoms with Gasteiger partial charge in [-0.25, -0.2) is 4.98 Å². The molecule has 1 heterocycles. The molecule has 0 spiro atoms. The number of aryl methyl sites for hydroxylation is 1. The van der Waals surface area contributed by atoms with E-state index in [2.05, 4.69) is 20.0 Å². The van der Waals surface area contributed by atoms with Crippen molar-refractivity contribution in [1.29, 1.82) is 0 Å². The number of anilines is 2.